The molecular formula is C19H19N3. The van der Waals surface area contributed by atoms with E-state index in [1.807, 2.05) is 24.3 Å². The molecule has 0 radical (unpaired) electrons. The van der Waals surface area contributed by atoms with Gasteiger partial charge in [0.1, 0.15) is 6.07 Å². The second kappa shape index (κ2) is 6.91. The van der Waals surface area contributed by atoms with Crippen molar-refractivity contribution in [3.8, 4) is 6.07 Å². The molecule has 1 aliphatic rings. The van der Waals surface area contributed by atoms with Crippen LogP contribution < -0.4 is 4.90 Å². The summed E-state index contributed by atoms with van der Waals surface area (Å²) in [5.74, 6) is 0. The van der Waals surface area contributed by atoms with Crippen LogP contribution in [0.2, 0.25) is 0 Å². The number of aromatic nitrogens is 1. The zero-order valence-electron chi connectivity index (χ0n) is 12.6. The van der Waals surface area contributed by atoms with Gasteiger partial charge in [0, 0.05) is 25.0 Å². The van der Waals surface area contributed by atoms with E-state index in [0.717, 1.165) is 18.7 Å². The third-order valence-corrected chi connectivity index (χ3v) is 3.99. The third-order valence-electron chi connectivity index (χ3n) is 3.99. The van der Waals surface area contributed by atoms with Crippen LogP contribution >= 0.6 is 0 Å². The van der Waals surface area contributed by atoms with Crippen molar-refractivity contribution in [2.24, 2.45) is 0 Å². The Morgan fingerprint density at radius 1 is 1.05 bits per heavy atom. The van der Waals surface area contributed by atoms with E-state index in [4.69, 9.17) is 0 Å². The van der Waals surface area contributed by atoms with Crippen LogP contribution in [0.5, 0.6) is 0 Å². The lowest BCUT2D eigenvalue weighted by atomic mass is 10.1. The fraction of sp³-hybridized carbons (Fsp3) is 0.263. The van der Waals surface area contributed by atoms with E-state index in [2.05, 4.69) is 40.2 Å². The lowest BCUT2D eigenvalue weighted by Crippen LogP contribution is -2.29. The molecule has 2 heterocycles. The summed E-state index contributed by atoms with van der Waals surface area (Å²) in [4.78, 5) is 6.67. The Hall–Kier alpha value is -2.60. The highest BCUT2D eigenvalue weighted by Crippen LogP contribution is 2.22. The SMILES string of the molecule is N#CC(=Cc1ccc(N2CCCCC2)cc1)c1ccccn1. The molecule has 1 fully saturated rings. The second-order valence-electron chi connectivity index (χ2n) is 5.52. The summed E-state index contributed by atoms with van der Waals surface area (Å²) in [5, 5.41) is 9.33. The van der Waals surface area contributed by atoms with Gasteiger partial charge in [-0.05, 0) is 55.2 Å². The van der Waals surface area contributed by atoms with Gasteiger partial charge in [0.25, 0.3) is 0 Å². The Kier molecular flexibility index (Phi) is 4.50. The zero-order chi connectivity index (χ0) is 15.2. The summed E-state index contributed by atoms with van der Waals surface area (Å²) in [5.41, 5.74) is 3.60. The first-order valence-corrected chi connectivity index (χ1v) is 7.75. The number of pyridine rings is 1. The predicted octanol–water partition coefficient (Wildman–Crippen LogP) is 4.14. The molecule has 0 aliphatic carbocycles. The number of piperidine rings is 1. The Morgan fingerprint density at radius 3 is 2.45 bits per heavy atom. The fourth-order valence-electron chi connectivity index (χ4n) is 2.79. The van der Waals surface area contributed by atoms with Crippen molar-refractivity contribution in [1.29, 1.82) is 5.26 Å². The van der Waals surface area contributed by atoms with Gasteiger partial charge in [0.2, 0.25) is 0 Å². The van der Waals surface area contributed by atoms with Crippen LogP contribution in [0.4, 0.5) is 5.69 Å². The van der Waals surface area contributed by atoms with Crippen LogP contribution in [0.15, 0.2) is 48.7 Å². The Bertz CT molecular complexity index is 675. The molecule has 0 bridgehead atoms. The Balaban J connectivity index is 1.80. The maximum Gasteiger partial charge on any atom is 0.101 e. The van der Waals surface area contributed by atoms with Crippen LogP contribution in [-0.2, 0) is 0 Å². The van der Waals surface area contributed by atoms with Crippen LogP contribution in [0.3, 0.4) is 0 Å². The number of nitrogens with zero attached hydrogens (tertiary/aromatic N) is 3. The van der Waals surface area contributed by atoms with E-state index in [1.54, 1.807) is 6.20 Å². The number of hydrogen-bond donors (Lipinski definition) is 0. The molecule has 0 amide bonds. The molecular weight excluding hydrogens is 270 g/mol. The number of allylic oxidation sites excluding steroid dienone is 1. The van der Waals surface area contributed by atoms with Gasteiger partial charge in [-0.25, -0.2) is 0 Å². The van der Waals surface area contributed by atoms with Crippen LogP contribution in [0.25, 0.3) is 11.6 Å². The van der Waals surface area contributed by atoms with E-state index in [9.17, 15) is 5.26 Å². The summed E-state index contributed by atoms with van der Waals surface area (Å²) in [6, 6.07) is 16.3. The normalized spacial score (nSPS) is 15.4. The van der Waals surface area contributed by atoms with Crippen molar-refractivity contribution in [1.82, 2.24) is 4.98 Å². The highest BCUT2D eigenvalue weighted by molar-refractivity contribution is 5.88. The Labute approximate surface area is 131 Å². The smallest absolute Gasteiger partial charge is 0.101 e. The molecule has 2 aromatic rings. The third kappa shape index (κ3) is 3.35. The fourth-order valence-corrected chi connectivity index (χ4v) is 2.79. The quantitative estimate of drug-likeness (QED) is 0.797. The number of rotatable bonds is 3. The first kappa shape index (κ1) is 14.3. The minimum absolute atomic E-state index is 0.589. The lowest BCUT2D eigenvalue weighted by Gasteiger charge is -2.28. The van der Waals surface area contributed by atoms with Crippen molar-refractivity contribution in [3.63, 3.8) is 0 Å². The average molecular weight is 289 g/mol. The second-order valence-corrected chi connectivity index (χ2v) is 5.52. The summed E-state index contributed by atoms with van der Waals surface area (Å²) < 4.78 is 0. The number of nitriles is 1. The number of benzene rings is 1. The molecule has 1 aromatic carbocycles. The van der Waals surface area contributed by atoms with Crippen molar-refractivity contribution < 1.29 is 0 Å². The Morgan fingerprint density at radius 2 is 1.82 bits per heavy atom. The van der Waals surface area contributed by atoms with Crippen molar-refractivity contribution in [2.75, 3.05) is 18.0 Å². The minimum atomic E-state index is 0.589. The molecule has 0 atom stereocenters. The molecule has 0 unspecified atom stereocenters. The summed E-state index contributed by atoms with van der Waals surface area (Å²) in [7, 11) is 0. The molecule has 22 heavy (non-hydrogen) atoms. The van der Waals surface area contributed by atoms with Gasteiger partial charge in [-0.1, -0.05) is 18.2 Å². The van der Waals surface area contributed by atoms with Gasteiger partial charge in [0.05, 0.1) is 11.3 Å². The van der Waals surface area contributed by atoms with Crippen LogP contribution in [-0.4, -0.2) is 18.1 Å². The standard InChI is InChI=1S/C19H19N3/c20-15-17(19-6-2-3-11-21-19)14-16-7-9-18(10-8-16)22-12-4-1-5-13-22/h2-3,6-11,14H,1,4-5,12-13H2. The topological polar surface area (TPSA) is 39.9 Å². The molecule has 1 aromatic heterocycles. The van der Waals surface area contributed by atoms with E-state index < -0.39 is 0 Å². The van der Waals surface area contributed by atoms with E-state index in [1.165, 1.54) is 24.9 Å². The molecule has 3 nitrogen and oxygen atoms in total. The molecule has 1 aliphatic heterocycles. The highest BCUT2D eigenvalue weighted by atomic mass is 15.1. The number of hydrogen-bond acceptors (Lipinski definition) is 3. The van der Waals surface area contributed by atoms with Crippen molar-refractivity contribution >= 4 is 17.3 Å². The summed E-state index contributed by atoms with van der Waals surface area (Å²) >= 11 is 0. The first-order chi connectivity index (χ1) is 10.9. The molecule has 0 spiro atoms. The molecule has 3 heteroatoms. The minimum Gasteiger partial charge on any atom is -0.372 e. The van der Waals surface area contributed by atoms with Gasteiger partial charge in [-0.15, -0.1) is 0 Å². The lowest BCUT2D eigenvalue weighted by molar-refractivity contribution is 0.578. The maximum atomic E-state index is 9.33. The molecule has 0 N–H and O–H groups in total. The number of anilines is 1. The average Bonchev–Trinajstić information content (AvgIpc) is 2.62. The molecule has 1 saturated heterocycles. The molecule has 0 saturated carbocycles. The van der Waals surface area contributed by atoms with Crippen molar-refractivity contribution in [3.05, 3.63) is 59.9 Å². The maximum absolute atomic E-state index is 9.33. The van der Waals surface area contributed by atoms with E-state index in [0.29, 0.717) is 11.3 Å². The van der Waals surface area contributed by atoms with Gasteiger partial charge in [-0.2, -0.15) is 5.26 Å². The van der Waals surface area contributed by atoms with Gasteiger partial charge >= 0.3 is 0 Å². The summed E-state index contributed by atoms with van der Waals surface area (Å²) in [6.07, 6.45) is 7.50. The summed E-state index contributed by atoms with van der Waals surface area (Å²) in [6.45, 7) is 2.29. The van der Waals surface area contributed by atoms with Crippen LogP contribution in [0.1, 0.15) is 30.5 Å². The van der Waals surface area contributed by atoms with Crippen molar-refractivity contribution in [2.45, 2.75) is 19.3 Å². The monoisotopic (exact) mass is 289 g/mol. The highest BCUT2D eigenvalue weighted by Gasteiger charge is 2.10. The van der Waals surface area contributed by atoms with E-state index >= 15 is 0 Å². The molecule has 110 valence electrons. The largest absolute Gasteiger partial charge is 0.372 e. The van der Waals surface area contributed by atoms with Gasteiger partial charge in [0.15, 0.2) is 0 Å². The van der Waals surface area contributed by atoms with Gasteiger partial charge < -0.3 is 4.90 Å². The van der Waals surface area contributed by atoms with Gasteiger partial charge in [-0.3, -0.25) is 4.98 Å². The zero-order valence-corrected chi connectivity index (χ0v) is 12.6. The first-order valence-electron chi connectivity index (χ1n) is 7.75. The van der Waals surface area contributed by atoms with Crippen LogP contribution in [0, 0.1) is 11.3 Å². The molecule has 3 rings (SSSR count). The van der Waals surface area contributed by atoms with E-state index in [-0.39, 0.29) is 0 Å². The predicted molar refractivity (Wildman–Crippen MR) is 90.2 cm³/mol.